The first-order valence-corrected chi connectivity index (χ1v) is 8.20. The molecule has 0 bridgehead atoms. The first-order chi connectivity index (χ1) is 11.9. The summed E-state index contributed by atoms with van der Waals surface area (Å²) in [5, 5.41) is 6.07. The second kappa shape index (κ2) is 7.17. The van der Waals surface area contributed by atoms with Gasteiger partial charge in [0.1, 0.15) is 0 Å². The molecule has 1 aliphatic heterocycles. The van der Waals surface area contributed by atoms with E-state index in [0.717, 1.165) is 24.8 Å². The van der Waals surface area contributed by atoms with Crippen LogP contribution in [0, 0.1) is 6.92 Å². The SMILES string of the molecule is Cc1ccc(N2CCN(/N=C/c3ccccc3C(F)(F)F)CC2)cc1. The van der Waals surface area contributed by atoms with E-state index in [1.54, 1.807) is 6.07 Å². The summed E-state index contributed by atoms with van der Waals surface area (Å²) in [6, 6.07) is 13.8. The van der Waals surface area contributed by atoms with E-state index >= 15 is 0 Å². The van der Waals surface area contributed by atoms with E-state index in [2.05, 4.69) is 41.2 Å². The van der Waals surface area contributed by atoms with E-state index in [9.17, 15) is 13.2 Å². The van der Waals surface area contributed by atoms with Gasteiger partial charge < -0.3 is 4.90 Å². The number of hydrazone groups is 1. The van der Waals surface area contributed by atoms with Gasteiger partial charge >= 0.3 is 6.18 Å². The number of hydrogen-bond donors (Lipinski definition) is 0. The van der Waals surface area contributed by atoms with Crippen LogP contribution in [-0.2, 0) is 6.18 Å². The highest BCUT2D eigenvalue weighted by molar-refractivity contribution is 5.81. The minimum absolute atomic E-state index is 0.0935. The van der Waals surface area contributed by atoms with Crippen molar-refractivity contribution in [3.05, 3.63) is 65.2 Å². The topological polar surface area (TPSA) is 18.8 Å². The molecule has 1 fully saturated rings. The molecule has 6 heteroatoms. The van der Waals surface area contributed by atoms with Crippen molar-refractivity contribution in [2.75, 3.05) is 31.1 Å². The van der Waals surface area contributed by atoms with Gasteiger partial charge in [0.2, 0.25) is 0 Å². The van der Waals surface area contributed by atoms with Crippen molar-refractivity contribution in [2.24, 2.45) is 5.10 Å². The van der Waals surface area contributed by atoms with Crippen molar-refractivity contribution < 1.29 is 13.2 Å². The van der Waals surface area contributed by atoms with E-state index < -0.39 is 11.7 Å². The lowest BCUT2D eigenvalue weighted by molar-refractivity contribution is -0.137. The Kier molecular flexibility index (Phi) is 4.97. The number of aryl methyl sites for hydroxylation is 1. The second-order valence-corrected chi connectivity index (χ2v) is 6.11. The number of nitrogens with zero attached hydrogens (tertiary/aromatic N) is 3. The van der Waals surface area contributed by atoms with E-state index in [4.69, 9.17) is 0 Å². The lowest BCUT2D eigenvalue weighted by atomic mass is 10.1. The van der Waals surface area contributed by atoms with Crippen LogP contribution in [0.5, 0.6) is 0 Å². The largest absolute Gasteiger partial charge is 0.417 e. The number of alkyl halides is 3. The zero-order valence-electron chi connectivity index (χ0n) is 14.0. The van der Waals surface area contributed by atoms with Gasteiger partial charge in [-0.05, 0) is 25.1 Å². The summed E-state index contributed by atoms with van der Waals surface area (Å²) in [7, 11) is 0. The Morgan fingerprint density at radius 2 is 1.56 bits per heavy atom. The van der Waals surface area contributed by atoms with Gasteiger partial charge in [0.15, 0.2) is 0 Å². The summed E-state index contributed by atoms with van der Waals surface area (Å²) in [5.74, 6) is 0. The van der Waals surface area contributed by atoms with Crippen molar-refractivity contribution in [2.45, 2.75) is 13.1 Å². The predicted molar refractivity (Wildman–Crippen MR) is 94.0 cm³/mol. The first-order valence-electron chi connectivity index (χ1n) is 8.20. The fourth-order valence-corrected chi connectivity index (χ4v) is 2.84. The Labute approximate surface area is 145 Å². The van der Waals surface area contributed by atoms with E-state index in [1.165, 1.54) is 23.9 Å². The molecule has 2 aromatic rings. The van der Waals surface area contributed by atoms with Crippen molar-refractivity contribution in [3.8, 4) is 0 Å². The quantitative estimate of drug-likeness (QED) is 0.776. The van der Waals surface area contributed by atoms with Gasteiger partial charge in [-0.25, -0.2) is 0 Å². The van der Waals surface area contributed by atoms with Crippen LogP contribution >= 0.6 is 0 Å². The molecule has 0 aromatic heterocycles. The maximum atomic E-state index is 13.0. The number of piperazine rings is 1. The smallest absolute Gasteiger partial charge is 0.368 e. The third-order valence-electron chi connectivity index (χ3n) is 4.28. The molecule has 0 atom stereocenters. The molecule has 3 nitrogen and oxygen atoms in total. The van der Waals surface area contributed by atoms with Crippen LogP contribution in [0.1, 0.15) is 16.7 Å². The summed E-state index contributed by atoms with van der Waals surface area (Å²) in [5.41, 5.74) is 1.82. The Morgan fingerprint density at radius 1 is 0.920 bits per heavy atom. The number of anilines is 1. The molecule has 0 unspecified atom stereocenters. The fourth-order valence-electron chi connectivity index (χ4n) is 2.84. The van der Waals surface area contributed by atoms with Gasteiger partial charge in [-0.2, -0.15) is 18.3 Å². The molecular formula is C19H20F3N3. The Morgan fingerprint density at radius 3 is 2.20 bits per heavy atom. The second-order valence-electron chi connectivity index (χ2n) is 6.11. The van der Waals surface area contributed by atoms with Crippen LogP contribution in [0.15, 0.2) is 53.6 Å². The van der Waals surface area contributed by atoms with Gasteiger partial charge in [0.25, 0.3) is 0 Å². The number of rotatable bonds is 3. The maximum absolute atomic E-state index is 13.0. The van der Waals surface area contributed by atoms with Crippen LogP contribution in [0.25, 0.3) is 0 Å². The predicted octanol–water partition coefficient (Wildman–Crippen LogP) is 4.17. The molecule has 0 saturated carbocycles. The van der Waals surface area contributed by atoms with E-state index in [0.29, 0.717) is 13.1 Å². The molecule has 1 saturated heterocycles. The minimum atomic E-state index is -4.37. The van der Waals surface area contributed by atoms with Gasteiger partial charge in [-0.1, -0.05) is 35.9 Å². The maximum Gasteiger partial charge on any atom is 0.417 e. The summed E-state index contributed by atoms with van der Waals surface area (Å²) in [6.45, 7) is 5.00. The molecule has 0 N–H and O–H groups in total. The molecule has 25 heavy (non-hydrogen) atoms. The highest BCUT2D eigenvalue weighted by Gasteiger charge is 2.32. The standard InChI is InChI=1S/C19H20F3N3/c1-15-6-8-17(9-7-15)24-10-12-25(13-11-24)23-14-16-4-2-3-5-18(16)19(20,21)22/h2-9,14H,10-13H2,1H3/b23-14+. The zero-order valence-corrected chi connectivity index (χ0v) is 14.0. The average molecular weight is 347 g/mol. The Bertz CT molecular complexity index is 730. The monoisotopic (exact) mass is 347 g/mol. The molecule has 132 valence electrons. The average Bonchev–Trinajstić information content (AvgIpc) is 2.61. The number of hydrogen-bond acceptors (Lipinski definition) is 3. The Hall–Kier alpha value is -2.50. The van der Waals surface area contributed by atoms with Crippen molar-refractivity contribution in [1.29, 1.82) is 0 Å². The third kappa shape index (κ3) is 4.32. The summed E-state index contributed by atoms with van der Waals surface area (Å²) in [4.78, 5) is 2.26. The van der Waals surface area contributed by atoms with Crippen molar-refractivity contribution >= 4 is 11.9 Å². The van der Waals surface area contributed by atoms with E-state index in [1.807, 2.05) is 5.01 Å². The van der Waals surface area contributed by atoms with Crippen LogP contribution in [0.4, 0.5) is 18.9 Å². The summed E-state index contributed by atoms with van der Waals surface area (Å²) >= 11 is 0. The number of benzene rings is 2. The van der Waals surface area contributed by atoms with Crippen LogP contribution in [0.3, 0.4) is 0 Å². The Balaban J connectivity index is 1.63. The normalized spacial score (nSPS) is 15.8. The van der Waals surface area contributed by atoms with Crippen LogP contribution in [-0.4, -0.2) is 37.4 Å². The van der Waals surface area contributed by atoms with Crippen LogP contribution in [0.2, 0.25) is 0 Å². The lowest BCUT2D eigenvalue weighted by Crippen LogP contribution is -2.44. The molecule has 0 spiro atoms. The highest BCUT2D eigenvalue weighted by Crippen LogP contribution is 2.31. The number of halogens is 3. The van der Waals surface area contributed by atoms with Crippen molar-refractivity contribution in [3.63, 3.8) is 0 Å². The molecule has 0 aliphatic carbocycles. The molecule has 2 aromatic carbocycles. The first kappa shape index (κ1) is 17.3. The van der Waals surface area contributed by atoms with Crippen molar-refractivity contribution in [1.82, 2.24) is 5.01 Å². The van der Waals surface area contributed by atoms with Gasteiger partial charge in [-0.3, -0.25) is 5.01 Å². The molecule has 1 heterocycles. The molecule has 3 rings (SSSR count). The molecule has 1 aliphatic rings. The summed E-state index contributed by atoms with van der Waals surface area (Å²) in [6.07, 6.45) is -3.06. The minimum Gasteiger partial charge on any atom is -0.368 e. The summed E-state index contributed by atoms with van der Waals surface area (Å²) < 4.78 is 39.0. The highest BCUT2D eigenvalue weighted by atomic mass is 19.4. The zero-order chi connectivity index (χ0) is 17.9. The molecular weight excluding hydrogens is 327 g/mol. The third-order valence-corrected chi connectivity index (χ3v) is 4.28. The van der Waals surface area contributed by atoms with Crippen LogP contribution < -0.4 is 4.90 Å². The van der Waals surface area contributed by atoms with Gasteiger partial charge in [0.05, 0.1) is 24.9 Å². The van der Waals surface area contributed by atoms with Gasteiger partial charge in [-0.15, -0.1) is 0 Å². The van der Waals surface area contributed by atoms with E-state index in [-0.39, 0.29) is 5.56 Å². The molecule has 0 amide bonds. The molecule has 0 radical (unpaired) electrons. The lowest BCUT2D eigenvalue weighted by Gasteiger charge is -2.34. The fraction of sp³-hybridized carbons (Fsp3) is 0.316. The van der Waals surface area contributed by atoms with Gasteiger partial charge in [0, 0.05) is 24.3 Å².